The topological polar surface area (TPSA) is 0 Å². The number of rotatable bonds is 5. The van der Waals surface area contributed by atoms with Gasteiger partial charge in [0, 0.05) is 0 Å². The van der Waals surface area contributed by atoms with E-state index < -0.39 is 0 Å². The Labute approximate surface area is 170 Å². The van der Waals surface area contributed by atoms with Crippen LogP contribution >= 0.6 is 0 Å². The molecule has 0 amide bonds. The van der Waals surface area contributed by atoms with Crippen molar-refractivity contribution < 1.29 is 0 Å². The van der Waals surface area contributed by atoms with Gasteiger partial charge in [-0.05, 0) is 104 Å². The zero-order chi connectivity index (χ0) is 19.2. The molecule has 7 atom stereocenters. The molecule has 0 nitrogen and oxygen atoms in total. The number of hydrogen-bond donors (Lipinski definition) is 0. The molecule has 4 aliphatic carbocycles. The predicted molar refractivity (Wildman–Crippen MR) is 117 cm³/mol. The van der Waals surface area contributed by atoms with E-state index in [1.165, 1.54) is 70.6 Å². The highest BCUT2D eigenvalue weighted by molar-refractivity contribution is 5.27. The summed E-state index contributed by atoms with van der Waals surface area (Å²) in [5, 5.41) is 0. The van der Waals surface area contributed by atoms with E-state index in [-0.39, 0.29) is 0 Å². The lowest BCUT2D eigenvalue weighted by atomic mass is 9.46. The maximum Gasteiger partial charge on any atom is -0.00851 e. The molecule has 27 heavy (non-hydrogen) atoms. The van der Waals surface area contributed by atoms with Crippen molar-refractivity contribution >= 4 is 0 Å². The summed E-state index contributed by atoms with van der Waals surface area (Å²) in [6, 6.07) is 0. The lowest BCUT2D eigenvalue weighted by molar-refractivity contribution is -0.0582. The minimum atomic E-state index is 0.542. The molecule has 0 saturated heterocycles. The molecule has 1 radical (unpaired) electrons. The SMILES string of the molecule is CC(C)CCC[C@@H](C)[C@H]1CC[C@H]2[C@@H]3CCC4=C[CH]CC[C@]4(C)[C@H]3CC[C@]12C. The second-order valence-corrected chi connectivity index (χ2v) is 11.8. The van der Waals surface area contributed by atoms with Crippen LogP contribution in [0.4, 0.5) is 0 Å². The van der Waals surface area contributed by atoms with Crippen LogP contribution in [0, 0.1) is 52.8 Å². The van der Waals surface area contributed by atoms with Gasteiger partial charge in [-0.3, -0.25) is 0 Å². The Bertz CT molecular complexity index is 556. The van der Waals surface area contributed by atoms with Crippen molar-refractivity contribution in [3.05, 3.63) is 18.1 Å². The molecule has 0 heteroatoms. The van der Waals surface area contributed by atoms with Crippen LogP contribution in [0.2, 0.25) is 0 Å². The van der Waals surface area contributed by atoms with Crippen molar-refractivity contribution in [2.75, 3.05) is 0 Å². The van der Waals surface area contributed by atoms with Gasteiger partial charge in [-0.2, -0.15) is 0 Å². The van der Waals surface area contributed by atoms with E-state index in [9.17, 15) is 0 Å². The fraction of sp³-hybridized carbons (Fsp3) is 0.889. The van der Waals surface area contributed by atoms with Gasteiger partial charge in [0.05, 0.1) is 0 Å². The molecule has 4 rings (SSSR count). The Kier molecular flexibility index (Phi) is 5.59. The van der Waals surface area contributed by atoms with Crippen molar-refractivity contribution in [2.24, 2.45) is 46.3 Å². The fourth-order valence-electron chi connectivity index (χ4n) is 8.58. The summed E-state index contributed by atoms with van der Waals surface area (Å²) >= 11 is 0. The average molecular weight is 370 g/mol. The molecule has 153 valence electrons. The predicted octanol–water partition coefficient (Wildman–Crippen LogP) is 8.23. The Morgan fingerprint density at radius 2 is 1.78 bits per heavy atom. The van der Waals surface area contributed by atoms with Gasteiger partial charge < -0.3 is 0 Å². The van der Waals surface area contributed by atoms with Crippen LogP contribution in [0.1, 0.15) is 105 Å². The molecule has 3 saturated carbocycles. The average Bonchev–Trinajstić information content (AvgIpc) is 2.98. The highest BCUT2D eigenvalue weighted by Gasteiger charge is 2.59. The summed E-state index contributed by atoms with van der Waals surface area (Å²) in [7, 11) is 0. The van der Waals surface area contributed by atoms with E-state index in [4.69, 9.17) is 0 Å². The highest BCUT2D eigenvalue weighted by atomic mass is 14.6. The normalized spacial score (nSPS) is 45.0. The summed E-state index contributed by atoms with van der Waals surface area (Å²) in [5.41, 5.74) is 3.01. The molecule has 0 spiro atoms. The zero-order valence-electron chi connectivity index (χ0n) is 18.9. The van der Waals surface area contributed by atoms with Gasteiger partial charge in [0.15, 0.2) is 0 Å². The largest absolute Gasteiger partial charge is 0.0811 e. The summed E-state index contributed by atoms with van der Waals surface area (Å²) in [6.45, 7) is 12.7. The van der Waals surface area contributed by atoms with Crippen LogP contribution in [0.15, 0.2) is 11.6 Å². The molecule has 0 aromatic heterocycles. The van der Waals surface area contributed by atoms with Crippen LogP contribution in [-0.2, 0) is 0 Å². The zero-order valence-corrected chi connectivity index (χ0v) is 18.9. The van der Waals surface area contributed by atoms with E-state index in [0.29, 0.717) is 10.8 Å². The van der Waals surface area contributed by atoms with Crippen LogP contribution < -0.4 is 0 Å². The number of hydrogen-bond acceptors (Lipinski definition) is 0. The summed E-state index contributed by atoms with van der Waals surface area (Å²) in [5.74, 6) is 5.85. The monoisotopic (exact) mass is 369 g/mol. The lowest BCUT2D eigenvalue weighted by Gasteiger charge is -2.58. The van der Waals surface area contributed by atoms with Crippen molar-refractivity contribution in [2.45, 2.75) is 105 Å². The van der Waals surface area contributed by atoms with Gasteiger partial charge in [0.25, 0.3) is 0 Å². The summed E-state index contributed by atoms with van der Waals surface area (Å²) in [6.07, 6.45) is 21.1. The fourth-order valence-corrected chi connectivity index (χ4v) is 8.58. The third-order valence-corrected chi connectivity index (χ3v) is 10.1. The Morgan fingerprint density at radius 1 is 0.963 bits per heavy atom. The molecular formula is C27H45. The van der Waals surface area contributed by atoms with E-state index >= 15 is 0 Å². The lowest BCUT2D eigenvalue weighted by Crippen LogP contribution is -2.50. The second-order valence-electron chi connectivity index (χ2n) is 11.8. The van der Waals surface area contributed by atoms with Crippen LogP contribution in [0.25, 0.3) is 0 Å². The summed E-state index contributed by atoms with van der Waals surface area (Å²) in [4.78, 5) is 0. The first-order valence-corrected chi connectivity index (χ1v) is 12.4. The number of fused-ring (bicyclic) bond motifs is 5. The van der Waals surface area contributed by atoms with Gasteiger partial charge in [-0.15, -0.1) is 0 Å². The van der Waals surface area contributed by atoms with Crippen LogP contribution in [-0.4, -0.2) is 0 Å². The van der Waals surface area contributed by atoms with Crippen molar-refractivity contribution in [3.63, 3.8) is 0 Å². The minimum Gasteiger partial charge on any atom is -0.0811 e. The Morgan fingerprint density at radius 3 is 2.56 bits per heavy atom. The second kappa shape index (κ2) is 7.53. The molecule has 0 bridgehead atoms. The van der Waals surface area contributed by atoms with Crippen LogP contribution in [0.3, 0.4) is 0 Å². The first-order valence-electron chi connectivity index (χ1n) is 12.4. The van der Waals surface area contributed by atoms with Crippen molar-refractivity contribution in [1.82, 2.24) is 0 Å². The maximum atomic E-state index is 2.73. The van der Waals surface area contributed by atoms with Gasteiger partial charge in [-0.1, -0.05) is 65.5 Å². The molecule has 4 aliphatic rings. The third kappa shape index (κ3) is 3.36. The molecule has 0 unspecified atom stereocenters. The molecule has 3 fully saturated rings. The standard InChI is InChI=1S/C27H45/c1-19(2)9-8-10-20(3)23-14-15-24-22-13-12-21-11-6-7-17-26(21,4)25(22)16-18-27(23,24)5/h6,11,19-20,22-25H,7-10,12-18H2,1-5H3/t20-,22+,23-,24+,25+,26+,27-/m1/s1. The van der Waals surface area contributed by atoms with Crippen LogP contribution in [0.5, 0.6) is 0 Å². The smallest absolute Gasteiger partial charge is 0.00851 e. The minimum absolute atomic E-state index is 0.542. The molecule has 0 aromatic carbocycles. The first-order chi connectivity index (χ1) is 12.9. The summed E-state index contributed by atoms with van der Waals surface area (Å²) < 4.78 is 0. The Hall–Kier alpha value is -0.260. The number of allylic oxidation sites excluding steroid dienone is 2. The molecule has 0 heterocycles. The molecular weight excluding hydrogens is 324 g/mol. The van der Waals surface area contributed by atoms with Crippen molar-refractivity contribution in [1.29, 1.82) is 0 Å². The first kappa shape index (κ1) is 20.0. The molecule has 0 aromatic rings. The maximum absolute atomic E-state index is 2.73. The molecule has 0 N–H and O–H groups in total. The van der Waals surface area contributed by atoms with E-state index in [1.54, 1.807) is 0 Å². The third-order valence-electron chi connectivity index (χ3n) is 10.1. The molecule has 0 aliphatic heterocycles. The van der Waals surface area contributed by atoms with E-state index in [2.05, 4.69) is 47.1 Å². The highest BCUT2D eigenvalue weighted by Crippen LogP contribution is 2.67. The Balaban J connectivity index is 1.48. The van der Waals surface area contributed by atoms with Crippen molar-refractivity contribution in [3.8, 4) is 0 Å². The quantitative estimate of drug-likeness (QED) is 0.458. The van der Waals surface area contributed by atoms with Gasteiger partial charge in [-0.25, -0.2) is 0 Å². The van der Waals surface area contributed by atoms with E-state index in [0.717, 1.165) is 35.5 Å². The van der Waals surface area contributed by atoms with E-state index in [1.807, 2.05) is 5.57 Å². The van der Waals surface area contributed by atoms with Gasteiger partial charge in [0.2, 0.25) is 0 Å². The van der Waals surface area contributed by atoms with Gasteiger partial charge in [0.1, 0.15) is 0 Å². The van der Waals surface area contributed by atoms with Gasteiger partial charge >= 0.3 is 0 Å².